The quantitative estimate of drug-likeness (QED) is 0.331. The van der Waals surface area contributed by atoms with Gasteiger partial charge in [-0.2, -0.15) is 0 Å². The first kappa shape index (κ1) is 28.1. The van der Waals surface area contributed by atoms with Crippen LogP contribution in [-0.2, 0) is 27.3 Å². The van der Waals surface area contributed by atoms with E-state index >= 15 is 0 Å². The number of nitrogens with zero attached hydrogens (tertiary/aromatic N) is 3. The van der Waals surface area contributed by atoms with E-state index in [2.05, 4.69) is 4.90 Å². The monoisotopic (exact) mass is 554 g/mol. The highest BCUT2D eigenvalue weighted by molar-refractivity contribution is 6.24. The number of carbonyl (C=O) groups excluding carboxylic acids is 3. The Labute approximate surface area is 233 Å². The van der Waals surface area contributed by atoms with Gasteiger partial charge in [-0.15, -0.1) is 0 Å². The normalized spacial score (nSPS) is 28.9. The Hall–Kier alpha value is -3.41. The Morgan fingerprint density at radius 3 is 2.33 bits per heavy atom. The minimum atomic E-state index is -2.64. The summed E-state index contributed by atoms with van der Waals surface area (Å²) in [6.45, 7) is 2.55. The molecule has 0 radical (unpaired) electrons. The molecule has 4 atom stereocenters. The smallest absolute Gasteiger partial charge is 0.255 e. The van der Waals surface area contributed by atoms with Crippen LogP contribution in [0.25, 0.3) is 5.76 Å². The molecule has 2 fully saturated rings. The van der Waals surface area contributed by atoms with Crippen molar-refractivity contribution >= 4 is 28.9 Å². The van der Waals surface area contributed by atoms with Crippen LogP contribution in [0, 0.1) is 11.8 Å². The number of anilines is 1. The van der Waals surface area contributed by atoms with Crippen molar-refractivity contribution in [2.24, 2.45) is 17.6 Å². The van der Waals surface area contributed by atoms with Crippen LogP contribution in [0.1, 0.15) is 42.4 Å². The second kappa shape index (κ2) is 9.90. The number of aliphatic hydroxyl groups excluding tert-OH is 2. The number of benzene rings is 1. The van der Waals surface area contributed by atoms with Gasteiger partial charge in [0, 0.05) is 37.8 Å². The molecule has 1 heterocycles. The summed E-state index contributed by atoms with van der Waals surface area (Å²) in [6.07, 6.45) is 3.75. The van der Waals surface area contributed by atoms with E-state index in [-0.39, 0.29) is 29.7 Å². The first-order chi connectivity index (χ1) is 18.8. The van der Waals surface area contributed by atoms with Gasteiger partial charge in [0.05, 0.1) is 11.6 Å². The van der Waals surface area contributed by atoms with Crippen LogP contribution in [0.2, 0.25) is 0 Å². The maximum absolute atomic E-state index is 14.0. The molecule has 40 heavy (non-hydrogen) atoms. The van der Waals surface area contributed by atoms with Crippen molar-refractivity contribution in [3.63, 3.8) is 0 Å². The SMILES string of the molecule is CN(C)c1c(CN2CCCCC2)cc(O)c2c1C[C@H]1C[C@H]3[C@H](N(C)C)C(=O)C(C(N)=O)=C(O)[C@@]3(O)C(=O)C1=C2O. The minimum Gasteiger partial charge on any atom is -0.508 e. The Bertz CT molecular complexity index is 1360. The molecule has 0 aromatic heterocycles. The maximum Gasteiger partial charge on any atom is 0.255 e. The summed E-state index contributed by atoms with van der Waals surface area (Å²) >= 11 is 0. The topological polar surface area (TPSA) is 168 Å². The Morgan fingerprint density at radius 1 is 1.10 bits per heavy atom. The number of fused-ring (bicyclic) bond motifs is 3. The van der Waals surface area contributed by atoms with E-state index in [1.807, 2.05) is 19.0 Å². The molecule has 11 nitrogen and oxygen atoms in total. The number of hydrogen-bond donors (Lipinski definition) is 5. The average molecular weight is 555 g/mol. The molecular formula is C29H38N4O7. The zero-order chi connectivity index (χ0) is 29.3. The van der Waals surface area contributed by atoms with Gasteiger partial charge in [0.25, 0.3) is 5.91 Å². The lowest BCUT2D eigenvalue weighted by molar-refractivity contribution is -0.153. The summed E-state index contributed by atoms with van der Waals surface area (Å²) in [5, 5.41) is 45.4. The van der Waals surface area contributed by atoms with Gasteiger partial charge < -0.3 is 31.1 Å². The lowest BCUT2D eigenvalue weighted by Crippen LogP contribution is -2.65. The average Bonchev–Trinajstić information content (AvgIpc) is 2.86. The molecular weight excluding hydrogens is 516 g/mol. The van der Waals surface area contributed by atoms with Crippen LogP contribution >= 0.6 is 0 Å². The molecule has 4 aliphatic rings. The molecule has 0 bridgehead atoms. The molecule has 0 spiro atoms. The number of ketones is 2. The number of piperidine rings is 1. The number of amides is 1. The van der Waals surface area contributed by atoms with Crippen LogP contribution in [0.3, 0.4) is 0 Å². The fraction of sp³-hybridized carbons (Fsp3) is 0.552. The third-order valence-corrected chi connectivity index (χ3v) is 9.06. The zero-order valence-corrected chi connectivity index (χ0v) is 23.4. The van der Waals surface area contributed by atoms with E-state index in [9.17, 15) is 34.8 Å². The third kappa shape index (κ3) is 4.02. The summed E-state index contributed by atoms with van der Waals surface area (Å²) in [5.74, 6) is -6.46. The fourth-order valence-corrected chi connectivity index (χ4v) is 7.40. The lowest BCUT2D eigenvalue weighted by Gasteiger charge is -2.50. The number of Topliss-reactive ketones (excluding diaryl/α,β-unsaturated/α-hetero) is 2. The fourth-order valence-electron chi connectivity index (χ4n) is 7.40. The van der Waals surface area contributed by atoms with Crippen LogP contribution in [0.15, 0.2) is 23.0 Å². The molecule has 5 rings (SSSR count). The molecule has 11 heteroatoms. The van der Waals surface area contributed by atoms with Gasteiger partial charge in [-0.1, -0.05) is 6.42 Å². The molecule has 1 aromatic carbocycles. The van der Waals surface area contributed by atoms with Crippen molar-refractivity contribution in [2.75, 3.05) is 46.2 Å². The predicted molar refractivity (Wildman–Crippen MR) is 148 cm³/mol. The lowest BCUT2D eigenvalue weighted by atomic mass is 9.57. The van der Waals surface area contributed by atoms with Crippen molar-refractivity contribution in [1.29, 1.82) is 0 Å². The number of phenolic OH excluding ortho intramolecular Hbond substituents is 1. The summed E-state index contributed by atoms with van der Waals surface area (Å²) in [4.78, 5) is 45.2. The van der Waals surface area contributed by atoms with Crippen molar-refractivity contribution in [1.82, 2.24) is 9.80 Å². The number of primary amides is 1. The molecule has 216 valence electrons. The van der Waals surface area contributed by atoms with Gasteiger partial charge in [0.2, 0.25) is 5.78 Å². The predicted octanol–water partition coefficient (Wildman–Crippen LogP) is 1.02. The van der Waals surface area contributed by atoms with Crippen LogP contribution < -0.4 is 10.6 Å². The van der Waals surface area contributed by atoms with E-state index in [0.29, 0.717) is 12.1 Å². The van der Waals surface area contributed by atoms with Gasteiger partial charge in [-0.25, -0.2) is 0 Å². The Kier molecular flexibility index (Phi) is 6.96. The number of aliphatic hydroxyl groups is 3. The van der Waals surface area contributed by atoms with Crippen molar-refractivity contribution < 1.29 is 34.8 Å². The summed E-state index contributed by atoms with van der Waals surface area (Å²) in [5.41, 5.74) is 4.33. The third-order valence-electron chi connectivity index (χ3n) is 9.06. The van der Waals surface area contributed by atoms with Gasteiger partial charge >= 0.3 is 0 Å². The Balaban J connectivity index is 1.68. The van der Waals surface area contributed by atoms with Crippen LogP contribution in [-0.4, -0.2) is 101 Å². The molecule has 6 N–H and O–H groups in total. The molecule has 1 aromatic rings. The highest BCUT2D eigenvalue weighted by Crippen LogP contribution is 2.54. The Morgan fingerprint density at radius 2 is 1.75 bits per heavy atom. The number of phenols is 1. The second-order valence-electron chi connectivity index (χ2n) is 11.9. The minimum absolute atomic E-state index is 0.0652. The van der Waals surface area contributed by atoms with Gasteiger partial charge in [0.1, 0.15) is 22.8 Å². The molecule has 1 saturated carbocycles. The van der Waals surface area contributed by atoms with Crippen molar-refractivity contribution in [3.05, 3.63) is 39.7 Å². The first-order valence-corrected chi connectivity index (χ1v) is 13.7. The van der Waals surface area contributed by atoms with Crippen LogP contribution in [0.4, 0.5) is 5.69 Å². The van der Waals surface area contributed by atoms with Gasteiger partial charge in [-0.3, -0.25) is 24.2 Å². The van der Waals surface area contributed by atoms with Gasteiger partial charge in [-0.05, 0) is 76.0 Å². The molecule has 0 unspecified atom stereocenters. The summed E-state index contributed by atoms with van der Waals surface area (Å²) in [7, 11) is 6.96. The highest BCUT2D eigenvalue weighted by Gasteiger charge is 2.64. The largest absolute Gasteiger partial charge is 0.508 e. The van der Waals surface area contributed by atoms with E-state index in [1.165, 1.54) is 11.3 Å². The molecule has 1 amide bonds. The standard InChI is InChI=1S/C29H38N4O7/c1-31(2)22-15(13-33-8-6-5-7-9-33)12-18(34)20-16(22)10-14-11-17-23(32(3)4)25(36)21(28(30)39)27(38)29(17,40)26(37)19(14)24(20)35/h12,14,17,23,34-35,38,40H,5-11,13H2,1-4H3,(H2,30,39)/t14-,17-,23-,29-/m0/s1. The van der Waals surface area contributed by atoms with Crippen molar-refractivity contribution in [2.45, 2.75) is 50.3 Å². The molecule has 3 aliphatic carbocycles. The van der Waals surface area contributed by atoms with E-state index < -0.39 is 58.0 Å². The highest BCUT2D eigenvalue weighted by atomic mass is 16.3. The zero-order valence-electron chi connectivity index (χ0n) is 23.4. The van der Waals surface area contributed by atoms with E-state index in [1.54, 1.807) is 20.2 Å². The number of aromatic hydroxyl groups is 1. The van der Waals surface area contributed by atoms with Crippen molar-refractivity contribution in [3.8, 4) is 5.75 Å². The van der Waals surface area contributed by atoms with Crippen LogP contribution in [0.5, 0.6) is 5.75 Å². The van der Waals surface area contributed by atoms with E-state index in [0.717, 1.165) is 37.2 Å². The molecule has 1 aliphatic heterocycles. The summed E-state index contributed by atoms with van der Waals surface area (Å²) in [6, 6.07) is 0.513. The second-order valence-corrected chi connectivity index (χ2v) is 11.9. The van der Waals surface area contributed by atoms with E-state index in [4.69, 9.17) is 5.73 Å². The maximum atomic E-state index is 14.0. The first-order valence-electron chi connectivity index (χ1n) is 13.7. The van der Waals surface area contributed by atoms with Gasteiger partial charge in [0.15, 0.2) is 11.4 Å². The number of likely N-dealkylation sites (tertiary alicyclic amines) is 1. The number of hydrogen-bond acceptors (Lipinski definition) is 10. The number of rotatable bonds is 5. The number of likely N-dealkylation sites (N-methyl/N-ethyl adjacent to an activating group) is 1. The summed E-state index contributed by atoms with van der Waals surface area (Å²) < 4.78 is 0. The number of carbonyl (C=O) groups is 3. The number of nitrogens with two attached hydrogens (primary N) is 1. The molecule has 1 saturated heterocycles.